The van der Waals surface area contributed by atoms with Crippen molar-refractivity contribution >= 4 is 21.8 Å². The monoisotopic (exact) mass is 251 g/mol. The Morgan fingerprint density at radius 3 is 1.94 bits per heavy atom. The van der Waals surface area contributed by atoms with E-state index in [-0.39, 0.29) is 0 Å². The van der Waals surface area contributed by atoms with E-state index in [1.807, 2.05) is 5.43 Å². The van der Waals surface area contributed by atoms with Crippen molar-refractivity contribution in [2.24, 2.45) is 0 Å². The van der Waals surface area contributed by atoms with E-state index in [0.29, 0.717) is 11.4 Å². The normalized spacial score (nSPS) is 9.88. The van der Waals surface area contributed by atoms with Crippen LogP contribution in [-0.4, -0.2) is 22.6 Å². The van der Waals surface area contributed by atoms with Gasteiger partial charge in [0.05, 0.1) is 0 Å². The second-order valence-corrected chi connectivity index (χ2v) is 3.33. The van der Waals surface area contributed by atoms with Gasteiger partial charge in [0, 0.05) is 5.69 Å². The first kappa shape index (κ1) is 14.1. The minimum absolute atomic E-state index is 0.421. The van der Waals surface area contributed by atoms with Crippen molar-refractivity contribution in [3.63, 3.8) is 0 Å². The van der Waals surface area contributed by atoms with Crippen LogP contribution >= 0.6 is 0 Å². The predicted octanol–water partition coefficient (Wildman–Crippen LogP) is 0.220. The largest absolute Gasteiger partial charge is 0.399 e. The van der Waals surface area contributed by atoms with Crippen molar-refractivity contribution in [2.75, 3.05) is 11.2 Å². The van der Waals surface area contributed by atoms with Gasteiger partial charge in [0.2, 0.25) is 0 Å². The number of anilines is 2. The molecule has 5 N–H and O–H groups in total. The van der Waals surface area contributed by atoms with Crippen molar-refractivity contribution in [1.29, 1.82) is 0 Å². The summed E-state index contributed by atoms with van der Waals surface area (Å²) >= 11 is 0. The highest BCUT2D eigenvalue weighted by atomic mass is 32.3. The molecule has 9 nitrogen and oxygen atoms in total. The number of nitrogens with two attached hydrogens (primary N) is 1. The van der Waals surface area contributed by atoms with Gasteiger partial charge in [-0.3, -0.25) is 9.11 Å². The van der Waals surface area contributed by atoms with E-state index >= 15 is 0 Å². The van der Waals surface area contributed by atoms with Crippen molar-refractivity contribution in [1.82, 2.24) is 0 Å². The number of hydrogen-bond acceptors (Lipinski definition) is 5. The van der Waals surface area contributed by atoms with Crippen LogP contribution < -0.4 is 11.2 Å². The Labute approximate surface area is 90.6 Å². The lowest BCUT2D eigenvalue weighted by Gasteiger charge is -1.96. The Hall–Kier alpha value is -1.91. The Morgan fingerprint density at radius 2 is 1.62 bits per heavy atom. The molecule has 0 spiro atoms. The van der Waals surface area contributed by atoms with Gasteiger partial charge in [-0.15, -0.1) is 5.43 Å². The van der Waals surface area contributed by atoms with E-state index in [4.69, 9.17) is 23.3 Å². The van der Waals surface area contributed by atoms with Crippen molar-refractivity contribution < 1.29 is 22.6 Å². The maximum absolute atomic E-state index is 9.92. The summed E-state index contributed by atoms with van der Waals surface area (Å²) in [6.45, 7) is 0. The second-order valence-electron chi connectivity index (χ2n) is 2.44. The predicted molar refractivity (Wildman–Crippen MR) is 55.6 cm³/mol. The lowest BCUT2D eigenvalue weighted by Crippen LogP contribution is -2.07. The van der Waals surface area contributed by atoms with Crippen LogP contribution in [0.4, 0.5) is 11.4 Å². The maximum atomic E-state index is 9.92. The summed E-state index contributed by atoms with van der Waals surface area (Å²) in [6, 6.07) is 6.26. The van der Waals surface area contributed by atoms with Gasteiger partial charge in [-0.25, -0.2) is 10.1 Å². The Balaban J connectivity index is 0.000000385. The summed E-state index contributed by atoms with van der Waals surface area (Å²) in [5.41, 5.74) is 8.36. The van der Waals surface area contributed by atoms with E-state index in [1.54, 1.807) is 12.1 Å². The lowest BCUT2D eigenvalue weighted by molar-refractivity contribution is -0.445. The number of nitrogen functional groups attached to an aromatic ring is 1. The molecule has 0 fully saturated rings. The fourth-order valence-electron chi connectivity index (χ4n) is 0.663. The summed E-state index contributed by atoms with van der Waals surface area (Å²) in [5, 5.41) is 9.30. The van der Waals surface area contributed by atoms with Gasteiger partial charge in [0.1, 0.15) is 5.69 Å². The van der Waals surface area contributed by atoms with Crippen LogP contribution in [0, 0.1) is 10.1 Å². The molecule has 1 aromatic carbocycles. The standard InChI is InChI=1S/C6H7N3O2.H2O4S/c7-5-1-3-6(4-2-5)8-9(10)11;1-5(2,3)4/h1-4,8H,7H2;(H2,1,2,3,4). The number of nitro groups is 1. The molecule has 0 heterocycles. The zero-order valence-electron chi connectivity index (χ0n) is 7.77. The molecule has 0 unspecified atom stereocenters. The molecule has 0 saturated carbocycles. The fourth-order valence-corrected chi connectivity index (χ4v) is 0.663. The summed E-state index contributed by atoms with van der Waals surface area (Å²) in [5.74, 6) is 0. The topological polar surface area (TPSA) is 156 Å². The summed E-state index contributed by atoms with van der Waals surface area (Å²) in [4.78, 5) is 9.92. The third-order valence-electron chi connectivity index (χ3n) is 1.13. The molecule has 1 rings (SSSR count). The van der Waals surface area contributed by atoms with Crippen molar-refractivity contribution in [2.45, 2.75) is 0 Å². The zero-order chi connectivity index (χ0) is 12.8. The first-order chi connectivity index (χ1) is 7.18. The van der Waals surface area contributed by atoms with Gasteiger partial charge < -0.3 is 5.73 Å². The van der Waals surface area contributed by atoms with Gasteiger partial charge in [0.15, 0.2) is 5.03 Å². The van der Waals surface area contributed by atoms with Crippen LogP contribution in [0.2, 0.25) is 0 Å². The summed E-state index contributed by atoms with van der Waals surface area (Å²) < 4.78 is 31.6. The second kappa shape index (κ2) is 5.85. The molecule has 0 aromatic heterocycles. The van der Waals surface area contributed by atoms with Crippen molar-refractivity contribution in [3.8, 4) is 0 Å². The molecule has 10 heteroatoms. The van der Waals surface area contributed by atoms with Gasteiger partial charge in [-0.2, -0.15) is 8.42 Å². The molecule has 0 bridgehead atoms. The summed E-state index contributed by atoms with van der Waals surface area (Å²) in [6.07, 6.45) is 0. The van der Waals surface area contributed by atoms with E-state index < -0.39 is 15.4 Å². The molecule has 0 aliphatic heterocycles. The fraction of sp³-hybridized carbons (Fsp3) is 0. The number of nitrogens with zero attached hydrogens (tertiary/aromatic N) is 1. The average molecular weight is 251 g/mol. The van der Waals surface area contributed by atoms with E-state index in [9.17, 15) is 10.1 Å². The molecule has 0 aliphatic rings. The van der Waals surface area contributed by atoms with E-state index in [1.165, 1.54) is 12.1 Å². The minimum Gasteiger partial charge on any atom is -0.399 e. The molecule has 0 radical (unpaired) electrons. The lowest BCUT2D eigenvalue weighted by atomic mass is 10.3. The highest BCUT2D eigenvalue weighted by Gasteiger charge is 1.95. The molecule has 0 aliphatic carbocycles. The van der Waals surface area contributed by atoms with Crippen molar-refractivity contribution in [3.05, 3.63) is 34.4 Å². The molecule has 16 heavy (non-hydrogen) atoms. The highest BCUT2D eigenvalue weighted by Crippen LogP contribution is 2.09. The van der Waals surface area contributed by atoms with Gasteiger partial charge in [-0.1, -0.05) is 0 Å². The van der Waals surface area contributed by atoms with Gasteiger partial charge in [-0.05, 0) is 24.3 Å². The number of hydrogen-bond donors (Lipinski definition) is 4. The Kier molecular flexibility index (Phi) is 5.15. The number of nitrogens with one attached hydrogen (secondary N) is 1. The van der Waals surface area contributed by atoms with Crippen LogP contribution in [0.1, 0.15) is 0 Å². The quantitative estimate of drug-likeness (QED) is 0.251. The Bertz CT molecular complexity index is 434. The molecule has 0 atom stereocenters. The smallest absolute Gasteiger partial charge is 0.394 e. The maximum Gasteiger partial charge on any atom is 0.394 e. The molecular formula is C6H9N3O6S. The number of benzene rings is 1. The van der Waals surface area contributed by atoms with Crippen LogP contribution in [0.3, 0.4) is 0 Å². The highest BCUT2D eigenvalue weighted by molar-refractivity contribution is 7.79. The minimum atomic E-state index is -4.67. The average Bonchev–Trinajstić information content (AvgIpc) is 2.05. The number of rotatable bonds is 2. The SMILES string of the molecule is Nc1ccc(N[N+](=O)[O-])cc1.O=S(=O)(O)O. The molecule has 0 saturated heterocycles. The Morgan fingerprint density at radius 1 is 1.25 bits per heavy atom. The van der Waals surface area contributed by atoms with E-state index in [0.717, 1.165) is 0 Å². The number of hydrazine groups is 1. The third kappa shape index (κ3) is 10.2. The van der Waals surface area contributed by atoms with Gasteiger partial charge in [0.25, 0.3) is 0 Å². The molecule has 90 valence electrons. The van der Waals surface area contributed by atoms with Gasteiger partial charge >= 0.3 is 10.4 Å². The first-order valence-electron chi connectivity index (χ1n) is 3.65. The van der Waals surface area contributed by atoms with Crippen LogP contribution in [0.5, 0.6) is 0 Å². The van der Waals surface area contributed by atoms with E-state index in [2.05, 4.69) is 0 Å². The molecule has 1 aromatic rings. The first-order valence-corrected chi connectivity index (χ1v) is 5.04. The van der Waals surface area contributed by atoms with Crippen LogP contribution in [0.25, 0.3) is 0 Å². The summed E-state index contributed by atoms with van der Waals surface area (Å²) in [7, 11) is -4.67. The van der Waals surface area contributed by atoms with Crippen LogP contribution in [-0.2, 0) is 10.4 Å². The van der Waals surface area contributed by atoms with Crippen LogP contribution in [0.15, 0.2) is 24.3 Å². The molecule has 0 amide bonds. The third-order valence-corrected chi connectivity index (χ3v) is 1.13. The zero-order valence-corrected chi connectivity index (χ0v) is 8.59. The molecular weight excluding hydrogens is 242 g/mol.